The van der Waals surface area contributed by atoms with Crippen molar-refractivity contribution in [2.45, 2.75) is 26.8 Å². The van der Waals surface area contributed by atoms with Crippen LogP contribution >= 0.6 is 0 Å². The van der Waals surface area contributed by atoms with Crippen LogP contribution in [0.4, 0.5) is 0 Å². The van der Waals surface area contributed by atoms with E-state index in [2.05, 4.69) is 37.9 Å². The van der Waals surface area contributed by atoms with Crippen molar-refractivity contribution in [3.05, 3.63) is 35.6 Å². The van der Waals surface area contributed by atoms with E-state index in [9.17, 15) is 10.2 Å². The molecule has 2 atom stereocenters. The first kappa shape index (κ1) is 11.0. The van der Waals surface area contributed by atoms with Gasteiger partial charge >= 0.3 is 5.90 Å². The molecule has 0 aromatic rings. The molecule has 0 saturated carbocycles. The van der Waals surface area contributed by atoms with Crippen molar-refractivity contribution < 1.29 is 15.2 Å². The molecule has 2 rings (SSSR count). The van der Waals surface area contributed by atoms with Crippen molar-refractivity contribution in [3.63, 3.8) is 0 Å². The van der Waals surface area contributed by atoms with E-state index >= 15 is 0 Å². The molecule has 0 amide bonds. The summed E-state index contributed by atoms with van der Waals surface area (Å²) in [4.78, 5) is 2.93. The number of allylic oxidation sites excluding steroid dienone is 2. The number of fused-ring (bicyclic) bond motifs is 1. The minimum absolute atomic E-state index is 0.0241. The first-order valence-corrected chi connectivity index (χ1v) is 5.51. The number of rotatable bonds is 0. The smallest absolute Gasteiger partial charge is 0.362 e. The Morgan fingerprint density at radius 1 is 1.25 bits per heavy atom. The molecule has 0 aromatic carbocycles. The van der Waals surface area contributed by atoms with Gasteiger partial charge in [0.2, 0.25) is 0 Å². The number of hydrogen-bond acceptors (Lipinski definition) is 1. The number of aliphatic hydroxyl groups is 2. The van der Waals surface area contributed by atoms with Gasteiger partial charge in [-0.25, -0.2) is 4.99 Å². The van der Waals surface area contributed by atoms with Gasteiger partial charge in [-0.05, 0) is 17.1 Å². The van der Waals surface area contributed by atoms with Gasteiger partial charge in [0.05, 0.1) is 6.08 Å². The minimum Gasteiger partial charge on any atom is -0.511 e. The summed E-state index contributed by atoms with van der Waals surface area (Å²) in [6.07, 6.45) is 7.48. The van der Waals surface area contributed by atoms with E-state index in [-0.39, 0.29) is 29.0 Å². The normalized spacial score (nSPS) is 29.1. The molecule has 1 aliphatic carbocycles. The maximum Gasteiger partial charge on any atom is 0.362 e. The Morgan fingerprint density at radius 3 is 2.56 bits per heavy atom. The molecule has 0 fully saturated rings. The lowest BCUT2D eigenvalue weighted by atomic mass is 9.78. The largest absolute Gasteiger partial charge is 0.511 e. The van der Waals surface area contributed by atoms with Crippen LogP contribution in [0.25, 0.3) is 0 Å². The standard InChI is InChI=1S/C13H17NO2/c1-13(2,3)8-4-5-10-9(6-8)11(15)7-12(16)14-10/h4-7,9-10,15H,1-3H3,(H,14,16)/p+1. The van der Waals surface area contributed by atoms with Gasteiger partial charge in [-0.2, -0.15) is 0 Å². The molecule has 0 spiro atoms. The topological polar surface area (TPSA) is 54.4 Å². The summed E-state index contributed by atoms with van der Waals surface area (Å²) >= 11 is 0. The average molecular weight is 220 g/mol. The van der Waals surface area contributed by atoms with Crippen LogP contribution in [0.2, 0.25) is 0 Å². The molecule has 1 aliphatic heterocycles. The highest BCUT2D eigenvalue weighted by atomic mass is 16.3. The van der Waals surface area contributed by atoms with Crippen molar-refractivity contribution in [2.75, 3.05) is 0 Å². The Bertz CT molecular complexity index is 422. The third-order valence-electron chi connectivity index (χ3n) is 3.04. The maximum absolute atomic E-state index is 9.82. The number of hydrogen-bond donors (Lipinski definition) is 3. The Labute approximate surface area is 95.5 Å². The summed E-state index contributed by atoms with van der Waals surface area (Å²) in [5.74, 6) is 0.165. The van der Waals surface area contributed by atoms with Gasteiger partial charge < -0.3 is 10.2 Å². The molecular formula is C13H18NO2+. The Hall–Kier alpha value is -1.51. The van der Waals surface area contributed by atoms with E-state index in [1.54, 1.807) is 0 Å². The second kappa shape index (κ2) is 3.51. The van der Waals surface area contributed by atoms with Crippen LogP contribution < -0.4 is 4.99 Å². The zero-order chi connectivity index (χ0) is 11.9. The van der Waals surface area contributed by atoms with E-state index in [0.29, 0.717) is 0 Å². The van der Waals surface area contributed by atoms with Crippen LogP contribution in [-0.4, -0.2) is 22.2 Å². The lowest BCUT2D eigenvalue weighted by Crippen LogP contribution is -2.82. The third-order valence-corrected chi connectivity index (χ3v) is 3.04. The zero-order valence-electron chi connectivity index (χ0n) is 9.86. The lowest BCUT2D eigenvalue weighted by molar-refractivity contribution is -0.505. The summed E-state index contributed by atoms with van der Waals surface area (Å²) in [5, 5.41) is 19.2. The van der Waals surface area contributed by atoms with Crippen LogP contribution in [0.3, 0.4) is 0 Å². The summed E-state index contributed by atoms with van der Waals surface area (Å²) < 4.78 is 0. The van der Waals surface area contributed by atoms with E-state index in [0.717, 1.165) is 0 Å². The number of aliphatic hydroxyl groups excluding tert-OH is 2. The molecule has 16 heavy (non-hydrogen) atoms. The van der Waals surface area contributed by atoms with E-state index in [4.69, 9.17) is 0 Å². The zero-order valence-corrected chi connectivity index (χ0v) is 9.86. The highest BCUT2D eigenvalue weighted by molar-refractivity contribution is 5.81. The van der Waals surface area contributed by atoms with Gasteiger partial charge in [-0.1, -0.05) is 32.9 Å². The van der Waals surface area contributed by atoms with Crippen molar-refractivity contribution >= 4 is 5.90 Å². The summed E-state index contributed by atoms with van der Waals surface area (Å²) in [6, 6.07) is -0.0453. The van der Waals surface area contributed by atoms with Gasteiger partial charge in [-0.3, -0.25) is 0 Å². The van der Waals surface area contributed by atoms with Gasteiger partial charge in [0.1, 0.15) is 11.7 Å². The van der Waals surface area contributed by atoms with Gasteiger partial charge in [0, 0.05) is 0 Å². The molecule has 86 valence electrons. The molecular weight excluding hydrogens is 202 g/mol. The van der Waals surface area contributed by atoms with Crippen LogP contribution in [-0.2, 0) is 0 Å². The van der Waals surface area contributed by atoms with Crippen molar-refractivity contribution in [1.29, 1.82) is 0 Å². The van der Waals surface area contributed by atoms with Gasteiger partial charge in [0.15, 0.2) is 6.04 Å². The minimum atomic E-state index is -0.0740. The molecule has 2 unspecified atom stereocenters. The quantitative estimate of drug-likeness (QED) is 0.570. The molecule has 3 N–H and O–H groups in total. The van der Waals surface area contributed by atoms with E-state index in [1.807, 2.05) is 6.08 Å². The lowest BCUT2D eigenvalue weighted by Gasteiger charge is -2.27. The fraction of sp³-hybridized carbons (Fsp3) is 0.462. The van der Waals surface area contributed by atoms with E-state index < -0.39 is 0 Å². The average Bonchev–Trinajstić information content (AvgIpc) is 2.15. The number of nitrogens with one attached hydrogen (secondary N) is 1. The molecule has 2 aliphatic rings. The van der Waals surface area contributed by atoms with Gasteiger partial charge in [-0.15, -0.1) is 0 Å². The Kier molecular flexibility index (Phi) is 2.41. The Balaban J connectivity index is 2.34. The van der Waals surface area contributed by atoms with Crippen LogP contribution in [0.1, 0.15) is 20.8 Å². The molecule has 3 heteroatoms. The first-order chi connectivity index (χ1) is 7.38. The fourth-order valence-corrected chi connectivity index (χ4v) is 2.04. The monoisotopic (exact) mass is 220 g/mol. The first-order valence-electron chi connectivity index (χ1n) is 5.51. The van der Waals surface area contributed by atoms with Crippen LogP contribution in [0.15, 0.2) is 35.6 Å². The van der Waals surface area contributed by atoms with Crippen LogP contribution in [0.5, 0.6) is 0 Å². The SMILES string of the molecule is CC(C)(C)C1=CC2C(O)=CC(O)=[NH+]C2C=C1. The molecule has 0 bridgehead atoms. The highest BCUT2D eigenvalue weighted by Gasteiger charge is 2.34. The maximum atomic E-state index is 9.82. The molecule has 1 heterocycles. The predicted octanol–water partition coefficient (Wildman–Crippen LogP) is 1.01. The van der Waals surface area contributed by atoms with Crippen molar-refractivity contribution in [2.24, 2.45) is 11.3 Å². The Morgan fingerprint density at radius 2 is 1.94 bits per heavy atom. The summed E-state index contributed by atoms with van der Waals surface area (Å²) in [6.45, 7) is 6.43. The second-order valence-corrected chi connectivity index (χ2v) is 5.38. The highest BCUT2D eigenvalue weighted by Crippen LogP contribution is 2.32. The van der Waals surface area contributed by atoms with Gasteiger partial charge in [0.25, 0.3) is 0 Å². The second-order valence-electron chi connectivity index (χ2n) is 5.38. The predicted molar refractivity (Wildman–Crippen MR) is 63.3 cm³/mol. The molecule has 0 aromatic heterocycles. The molecule has 0 radical (unpaired) electrons. The van der Waals surface area contributed by atoms with Crippen molar-refractivity contribution in [3.8, 4) is 0 Å². The summed E-state index contributed by atoms with van der Waals surface area (Å²) in [7, 11) is 0. The fourth-order valence-electron chi connectivity index (χ4n) is 2.04. The van der Waals surface area contributed by atoms with Crippen molar-refractivity contribution in [1.82, 2.24) is 0 Å². The molecule has 0 saturated heterocycles. The summed E-state index contributed by atoms with van der Waals surface area (Å²) in [5.41, 5.74) is 1.28. The third kappa shape index (κ3) is 1.90. The van der Waals surface area contributed by atoms with E-state index in [1.165, 1.54) is 11.6 Å². The molecule has 3 nitrogen and oxygen atoms in total. The van der Waals surface area contributed by atoms with Crippen LogP contribution in [0, 0.1) is 11.3 Å².